The van der Waals surface area contributed by atoms with E-state index in [1.165, 1.54) is 0 Å². The first-order chi connectivity index (χ1) is 9.19. The summed E-state index contributed by atoms with van der Waals surface area (Å²) in [7, 11) is 0. The molecule has 0 aliphatic carbocycles. The minimum atomic E-state index is -0.467. The van der Waals surface area contributed by atoms with Crippen LogP contribution in [0.5, 0.6) is 0 Å². The van der Waals surface area contributed by atoms with Crippen molar-refractivity contribution in [3.05, 3.63) is 35.9 Å². The second-order valence-electron chi connectivity index (χ2n) is 4.40. The van der Waals surface area contributed by atoms with Crippen LogP contribution in [0, 0.1) is 0 Å². The number of aliphatic hydroxyl groups is 1. The van der Waals surface area contributed by atoms with Gasteiger partial charge in [-0.2, -0.15) is 0 Å². The molecule has 2 unspecified atom stereocenters. The van der Waals surface area contributed by atoms with Gasteiger partial charge >= 0.3 is 5.97 Å². The third kappa shape index (κ3) is 5.41. The Kier molecular flexibility index (Phi) is 7.15. The van der Waals surface area contributed by atoms with Gasteiger partial charge in [-0.3, -0.25) is 0 Å². The lowest BCUT2D eigenvalue weighted by molar-refractivity contribution is -0.145. The fourth-order valence-corrected chi connectivity index (χ4v) is 1.81. The molecule has 19 heavy (non-hydrogen) atoms. The van der Waals surface area contributed by atoms with Crippen LogP contribution in [0.3, 0.4) is 0 Å². The highest BCUT2D eigenvalue weighted by Gasteiger charge is 2.21. The molecule has 0 fully saturated rings. The van der Waals surface area contributed by atoms with Gasteiger partial charge in [0.1, 0.15) is 6.04 Å². The zero-order valence-electron chi connectivity index (χ0n) is 11.6. The highest BCUT2D eigenvalue weighted by molar-refractivity contribution is 5.77. The molecule has 106 valence electrons. The molecule has 0 bridgehead atoms. The number of esters is 1. The third-order valence-electron chi connectivity index (χ3n) is 2.95. The van der Waals surface area contributed by atoms with Crippen LogP contribution >= 0.6 is 0 Å². The predicted molar refractivity (Wildman–Crippen MR) is 74.7 cm³/mol. The van der Waals surface area contributed by atoms with Gasteiger partial charge in [-0.1, -0.05) is 37.3 Å². The maximum absolute atomic E-state index is 11.9. The molecule has 0 amide bonds. The summed E-state index contributed by atoms with van der Waals surface area (Å²) in [6.07, 6.45) is 1.02. The lowest BCUT2D eigenvalue weighted by Gasteiger charge is -2.18. The van der Waals surface area contributed by atoms with Gasteiger partial charge in [0.15, 0.2) is 0 Å². The Morgan fingerprint density at radius 1 is 1.32 bits per heavy atom. The molecule has 0 saturated heterocycles. The van der Waals surface area contributed by atoms with Crippen molar-refractivity contribution >= 4 is 5.97 Å². The van der Waals surface area contributed by atoms with Crippen LogP contribution in [0.25, 0.3) is 0 Å². The average Bonchev–Trinajstić information content (AvgIpc) is 2.44. The van der Waals surface area contributed by atoms with E-state index in [0.29, 0.717) is 19.6 Å². The van der Waals surface area contributed by atoms with Crippen LogP contribution in [-0.2, 0) is 9.53 Å². The Hall–Kier alpha value is -1.39. The first-order valence-corrected chi connectivity index (χ1v) is 6.82. The largest absolute Gasteiger partial charge is 0.465 e. The highest BCUT2D eigenvalue weighted by atomic mass is 16.5. The van der Waals surface area contributed by atoms with Gasteiger partial charge in [0, 0.05) is 0 Å². The molecule has 4 nitrogen and oxygen atoms in total. The van der Waals surface area contributed by atoms with E-state index in [0.717, 1.165) is 12.0 Å². The van der Waals surface area contributed by atoms with Crippen LogP contribution in [0.2, 0.25) is 0 Å². The third-order valence-corrected chi connectivity index (χ3v) is 2.95. The fraction of sp³-hybridized carbons (Fsp3) is 0.533. The summed E-state index contributed by atoms with van der Waals surface area (Å²) in [4.78, 5) is 11.9. The van der Waals surface area contributed by atoms with Crippen molar-refractivity contribution in [3.63, 3.8) is 0 Å². The topological polar surface area (TPSA) is 58.6 Å². The lowest BCUT2D eigenvalue weighted by Crippen LogP contribution is -2.32. The predicted octanol–water partition coefficient (Wildman–Crippen LogP) is 2.04. The van der Waals surface area contributed by atoms with E-state index in [9.17, 15) is 9.90 Å². The lowest BCUT2D eigenvalue weighted by atomic mass is 10.1. The van der Waals surface area contributed by atoms with E-state index >= 15 is 0 Å². The van der Waals surface area contributed by atoms with Crippen molar-refractivity contribution in [2.24, 2.45) is 0 Å². The molecule has 0 radical (unpaired) electrons. The molecule has 1 aromatic rings. The molecular weight excluding hydrogens is 242 g/mol. The normalized spacial score (nSPS) is 13.8. The molecule has 4 heteroatoms. The van der Waals surface area contributed by atoms with Gasteiger partial charge in [0.25, 0.3) is 0 Å². The first kappa shape index (κ1) is 15.7. The van der Waals surface area contributed by atoms with Gasteiger partial charge in [-0.05, 0) is 31.9 Å². The van der Waals surface area contributed by atoms with Crippen LogP contribution in [-0.4, -0.2) is 30.3 Å². The van der Waals surface area contributed by atoms with Gasteiger partial charge in [-0.25, -0.2) is 4.79 Å². The van der Waals surface area contributed by atoms with E-state index in [-0.39, 0.29) is 12.1 Å². The number of nitrogens with one attached hydrogen (secondary N) is 1. The van der Waals surface area contributed by atoms with Crippen molar-refractivity contribution < 1.29 is 14.6 Å². The van der Waals surface area contributed by atoms with Gasteiger partial charge in [0.05, 0.1) is 12.7 Å². The van der Waals surface area contributed by atoms with E-state index < -0.39 is 6.04 Å². The quantitative estimate of drug-likeness (QED) is 0.706. The number of ether oxygens (including phenoxy) is 1. The van der Waals surface area contributed by atoms with E-state index in [4.69, 9.17) is 4.74 Å². The number of aliphatic hydroxyl groups excluding tert-OH is 1. The number of hydrogen-bond acceptors (Lipinski definition) is 4. The molecule has 1 rings (SSSR count). The number of hydrogen-bond donors (Lipinski definition) is 2. The van der Waals surface area contributed by atoms with Crippen molar-refractivity contribution in [1.82, 2.24) is 5.32 Å². The summed E-state index contributed by atoms with van der Waals surface area (Å²) in [6, 6.07) is 9.02. The molecule has 0 heterocycles. The number of carbonyl (C=O) groups excluding carboxylic acids is 1. The smallest absolute Gasteiger partial charge is 0.327 e. The summed E-state index contributed by atoms with van der Waals surface area (Å²) in [5.41, 5.74) is 0.881. The minimum absolute atomic E-state index is 0.278. The molecule has 0 spiro atoms. The molecule has 0 saturated carbocycles. The van der Waals surface area contributed by atoms with Crippen molar-refractivity contribution in [3.8, 4) is 0 Å². The number of carbonyl (C=O) groups is 1. The molecule has 0 aliphatic heterocycles. The Morgan fingerprint density at radius 2 is 2.00 bits per heavy atom. The monoisotopic (exact) mass is 265 g/mol. The van der Waals surface area contributed by atoms with Crippen LogP contribution in [0.15, 0.2) is 30.3 Å². The second-order valence-corrected chi connectivity index (χ2v) is 4.40. The molecule has 2 atom stereocenters. The molecule has 0 aromatic heterocycles. The maximum Gasteiger partial charge on any atom is 0.327 e. The number of benzene rings is 1. The zero-order chi connectivity index (χ0) is 14.1. The maximum atomic E-state index is 11.9. The molecule has 0 aliphatic rings. The minimum Gasteiger partial charge on any atom is -0.465 e. The van der Waals surface area contributed by atoms with Crippen molar-refractivity contribution in [2.75, 3.05) is 13.2 Å². The van der Waals surface area contributed by atoms with Crippen molar-refractivity contribution in [2.45, 2.75) is 38.8 Å². The molecular formula is C15H23NO3. The van der Waals surface area contributed by atoms with Gasteiger partial charge < -0.3 is 15.2 Å². The highest BCUT2D eigenvalue weighted by Crippen LogP contribution is 2.14. The van der Waals surface area contributed by atoms with E-state index in [1.54, 1.807) is 6.92 Å². The Balaban J connectivity index is 2.63. The first-order valence-electron chi connectivity index (χ1n) is 6.82. The molecule has 2 N–H and O–H groups in total. The van der Waals surface area contributed by atoms with Crippen LogP contribution < -0.4 is 5.32 Å². The standard InChI is InChI=1S/C15H23NO3/c1-3-13(17)10-11-16-14(15(18)19-4-2)12-8-6-5-7-9-12/h5-9,13-14,16-17H,3-4,10-11H2,1-2H3. The summed E-state index contributed by atoms with van der Waals surface area (Å²) in [5, 5.41) is 12.7. The summed E-state index contributed by atoms with van der Waals surface area (Å²) >= 11 is 0. The molecule has 1 aromatic carbocycles. The van der Waals surface area contributed by atoms with Crippen molar-refractivity contribution in [1.29, 1.82) is 0 Å². The van der Waals surface area contributed by atoms with E-state index in [2.05, 4.69) is 5.32 Å². The van der Waals surface area contributed by atoms with Gasteiger partial charge in [-0.15, -0.1) is 0 Å². The van der Waals surface area contributed by atoms with Crippen LogP contribution in [0.1, 0.15) is 38.3 Å². The Morgan fingerprint density at radius 3 is 2.58 bits per heavy atom. The van der Waals surface area contributed by atoms with Gasteiger partial charge in [0.2, 0.25) is 0 Å². The summed E-state index contributed by atoms with van der Waals surface area (Å²) < 4.78 is 5.08. The Labute approximate surface area is 114 Å². The SMILES string of the molecule is CCOC(=O)C(NCCC(O)CC)c1ccccc1. The summed E-state index contributed by atoms with van der Waals surface area (Å²) in [6.45, 7) is 4.67. The number of rotatable bonds is 8. The summed E-state index contributed by atoms with van der Waals surface area (Å²) in [5.74, 6) is -0.278. The Bertz CT molecular complexity index is 367. The zero-order valence-corrected chi connectivity index (χ0v) is 11.6. The average molecular weight is 265 g/mol. The van der Waals surface area contributed by atoms with E-state index in [1.807, 2.05) is 37.3 Å². The second kappa shape index (κ2) is 8.67. The van der Waals surface area contributed by atoms with Crippen LogP contribution in [0.4, 0.5) is 0 Å². The fourth-order valence-electron chi connectivity index (χ4n) is 1.81.